The highest BCUT2D eigenvalue weighted by Crippen LogP contribution is 2.17. The molecule has 3 heterocycles. The van der Waals surface area contributed by atoms with Crippen LogP contribution in [0.2, 0.25) is 0 Å². The van der Waals surface area contributed by atoms with Gasteiger partial charge in [0.1, 0.15) is 5.82 Å². The molecule has 3 rings (SSSR count). The topological polar surface area (TPSA) is 59.8 Å². The lowest BCUT2D eigenvalue weighted by Gasteiger charge is -2.07. The van der Waals surface area contributed by atoms with Crippen LogP contribution in [0.25, 0.3) is 0 Å². The number of fused-ring (bicyclic) bond motifs is 1. The summed E-state index contributed by atoms with van der Waals surface area (Å²) in [6, 6.07) is 3.91. The number of aryl methyl sites for hydroxylation is 2. The van der Waals surface area contributed by atoms with Gasteiger partial charge < -0.3 is 9.88 Å². The van der Waals surface area contributed by atoms with Crippen LogP contribution in [-0.2, 0) is 25.9 Å². The molecule has 112 valence electrons. The highest BCUT2D eigenvalue weighted by Gasteiger charge is 2.16. The van der Waals surface area contributed by atoms with E-state index in [0.29, 0.717) is 6.54 Å². The number of carbonyl (C=O) groups excluding carboxylic acids is 1. The van der Waals surface area contributed by atoms with Gasteiger partial charge in [-0.25, -0.2) is 0 Å². The fourth-order valence-electron chi connectivity index (χ4n) is 2.61. The molecule has 6 heteroatoms. The van der Waals surface area contributed by atoms with Gasteiger partial charge in [0.05, 0.1) is 11.4 Å². The summed E-state index contributed by atoms with van der Waals surface area (Å²) in [5.41, 5.74) is 0. The van der Waals surface area contributed by atoms with E-state index in [1.165, 1.54) is 17.7 Å². The van der Waals surface area contributed by atoms with Crippen LogP contribution in [0.3, 0.4) is 0 Å². The van der Waals surface area contributed by atoms with Crippen molar-refractivity contribution in [3.8, 4) is 0 Å². The van der Waals surface area contributed by atoms with Gasteiger partial charge in [-0.1, -0.05) is 13.3 Å². The SMILES string of the molecule is CCc1ccc(C(=O)NCc2nnc3n2CCCCC3)s1. The van der Waals surface area contributed by atoms with Gasteiger partial charge in [-0.2, -0.15) is 0 Å². The number of amides is 1. The van der Waals surface area contributed by atoms with Crippen molar-refractivity contribution in [2.75, 3.05) is 0 Å². The van der Waals surface area contributed by atoms with E-state index >= 15 is 0 Å². The van der Waals surface area contributed by atoms with Gasteiger partial charge in [0.2, 0.25) is 0 Å². The highest BCUT2D eigenvalue weighted by molar-refractivity contribution is 7.14. The number of thiophene rings is 1. The molecule has 0 radical (unpaired) electrons. The summed E-state index contributed by atoms with van der Waals surface area (Å²) in [5, 5.41) is 11.4. The van der Waals surface area contributed by atoms with Gasteiger partial charge in [0, 0.05) is 17.8 Å². The Morgan fingerprint density at radius 2 is 2.24 bits per heavy atom. The fourth-order valence-corrected chi connectivity index (χ4v) is 3.48. The number of carbonyl (C=O) groups is 1. The van der Waals surface area contributed by atoms with Crippen LogP contribution in [0.1, 0.15) is 52.4 Å². The van der Waals surface area contributed by atoms with Gasteiger partial charge in [-0.15, -0.1) is 21.5 Å². The minimum absolute atomic E-state index is 0.0225. The lowest BCUT2D eigenvalue weighted by atomic mass is 10.2. The van der Waals surface area contributed by atoms with Gasteiger partial charge in [-0.3, -0.25) is 4.79 Å². The number of nitrogens with zero attached hydrogens (tertiary/aromatic N) is 3. The quantitative estimate of drug-likeness (QED) is 0.944. The minimum Gasteiger partial charge on any atom is -0.344 e. The second kappa shape index (κ2) is 6.39. The molecule has 1 N–H and O–H groups in total. The van der Waals surface area contributed by atoms with Crippen LogP contribution in [0.5, 0.6) is 0 Å². The highest BCUT2D eigenvalue weighted by atomic mass is 32.1. The summed E-state index contributed by atoms with van der Waals surface area (Å²) in [6.07, 6.45) is 5.54. The maximum atomic E-state index is 12.1. The van der Waals surface area contributed by atoms with E-state index in [4.69, 9.17) is 0 Å². The number of nitrogens with one attached hydrogen (secondary N) is 1. The molecule has 0 bridgehead atoms. The summed E-state index contributed by atoms with van der Waals surface area (Å²) in [7, 11) is 0. The van der Waals surface area contributed by atoms with Crippen molar-refractivity contribution >= 4 is 17.2 Å². The molecular formula is C15H20N4OS. The van der Waals surface area contributed by atoms with Crippen LogP contribution >= 0.6 is 11.3 Å². The van der Waals surface area contributed by atoms with Crippen LogP contribution in [0.15, 0.2) is 12.1 Å². The third kappa shape index (κ3) is 3.15. The van der Waals surface area contributed by atoms with Crippen molar-refractivity contribution in [2.24, 2.45) is 0 Å². The number of rotatable bonds is 4. The predicted octanol–water partition coefficient (Wildman–Crippen LogP) is 2.56. The fraction of sp³-hybridized carbons (Fsp3) is 0.533. The Kier molecular flexibility index (Phi) is 4.34. The third-order valence-electron chi connectivity index (χ3n) is 3.83. The van der Waals surface area contributed by atoms with E-state index in [9.17, 15) is 4.79 Å². The first-order chi connectivity index (χ1) is 10.3. The summed E-state index contributed by atoms with van der Waals surface area (Å²) in [5.74, 6) is 1.90. The Hall–Kier alpha value is -1.69. The minimum atomic E-state index is -0.0225. The summed E-state index contributed by atoms with van der Waals surface area (Å²) in [4.78, 5) is 14.1. The maximum Gasteiger partial charge on any atom is 0.261 e. The van der Waals surface area contributed by atoms with Gasteiger partial charge >= 0.3 is 0 Å². The number of hydrogen-bond acceptors (Lipinski definition) is 4. The van der Waals surface area contributed by atoms with Gasteiger partial charge in [-0.05, 0) is 31.4 Å². The molecule has 0 spiro atoms. The zero-order valence-electron chi connectivity index (χ0n) is 12.3. The van der Waals surface area contributed by atoms with Gasteiger partial charge in [0.15, 0.2) is 5.82 Å². The molecule has 0 aromatic carbocycles. The molecule has 0 unspecified atom stereocenters. The standard InChI is InChI=1S/C15H20N4OS/c1-2-11-7-8-12(21-11)15(20)16-10-14-18-17-13-6-4-3-5-9-19(13)14/h7-8H,2-6,9-10H2,1H3,(H,16,20). The first-order valence-electron chi connectivity index (χ1n) is 7.56. The summed E-state index contributed by atoms with van der Waals surface area (Å²) in [6.45, 7) is 3.51. The zero-order chi connectivity index (χ0) is 14.7. The van der Waals surface area contributed by atoms with E-state index in [2.05, 4.69) is 27.0 Å². The van der Waals surface area contributed by atoms with Crippen molar-refractivity contribution in [2.45, 2.75) is 52.1 Å². The number of aromatic nitrogens is 3. The predicted molar refractivity (Wildman–Crippen MR) is 82.4 cm³/mol. The monoisotopic (exact) mass is 304 g/mol. The second-order valence-corrected chi connectivity index (χ2v) is 6.47. The number of hydrogen-bond donors (Lipinski definition) is 1. The van der Waals surface area contributed by atoms with Crippen molar-refractivity contribution < 1.29 is 4.79 Å². The van der Waals surface area contributed by atoms with Crippen molar-refractivity contribution in [3.05, 3.63) is 33.5 Å². The molecule has 1 aliphatic rings. The first kappa shape index (κ1) is 14.3. The Morgan fingerprint density at radius 3 is 3.05 bits per heavy atom. The summed E-state index contributed by atoms with van der Waals surface area (Å²) >= 11 is 1.56. The third-order valence-corrected chi connectivity index (χ3v) is 5.06. The molecule has 0 aliphatic carbocycles. The molecule has 2 aromatic heterocycles. The Morgan fingerprint density at radius 1 is 1.33 bits per heavy atom. The molecule has 1 amide bonds. The molecule has 2 aromatic rings. The largest absolute Gasteiger partial charge is 0.344 e. The van der Waals surface area contributed by atoms with E-state index in [0.717, 1.165) is 42.3 Å². The average Bonchev–Trinajstić information content (AvgIpc) is 3.06. The maximum absolute atomic E-state index is 12.1. The van der Waals surface area contributed by atoms with Crippen LogP contribution < -0.4 is 5.32 Å². The molecule has 21 heavy (non-hydrogen) atoms. The van der Waals surface area contributed by atoms with Gasteiger partial charge in [0.25, 0.3) is 5.91 Å². The molecule has 0 saturated carbocycles. The van der Waals surface area contributed by atoms with E-state index < -0.39 is 0 Å². The van der Waals surface area contributed by atoms with Crippen LogP contribution in [-0.4, -0.2) is 20.7 Å². The average molecular weight is 304 g/mol. The lowest BCUT2D eigenvalue weighted by molar-refractivity contribution is 0.0953. The normalized spacial score (nSPS) is 14.5. The Balaban J connectivity index is 1.65. The Labute approximate surface area is 128 Å². The van der Waals surface area contributed by atoms with Crippen LogP contribution in [0, 0.1) is 0 Å². The van der Waals surface area contributed by atoms with E-state index in [1.807, 2.05) is 12.1 Å². The summed E-state index contributed by atoms with van der Waals surface area (Å²) < 4.78 is 2.17. The molecule has 5 nitrogen and oxygen atoms in total. The second-order valence-electron chi connectivity index (χ2n) is 5.30. The van der Waals surface area contributed by atoms with Crippen molar-refractivity contribution in [1.82, 2.24) is 20.1 Å². The molecular weight excluding hydrogens is 284 g/mol. The zero-order valence-corrected chi connectivity index (χ0v) is 13.1. The molecule has 0 fully saturated rings. The lowest BCUT2D eigenvalue weighted by Crippen LogP contribution is -2.24. The van der Waals surface area contributed by atoms with E-state index in [1.54, 1.807) is 11.3 Å². The molecule has 1 aliphatic heterocycles. The Bertz CT molecular complexity index is 631. The van der Waals surface area contributed by atoms with Crippen LogP contribution in [0.4, 0.5) is 0 Å². The van der Waals surface area contributed by atoms with Crippen molar-refractivity contribution in [3.63, 3.8) is 0 Å². The first-order valence-corrected chi connectivity index (χ1v) is 8.37. The molecule has 0 atom stereocenters. The smallest absolute Gasteiger partial charge is 0.261 e. The molecule has 0 saturated heterocycles. The van der Waals surface area contributed by atoms with Crippen molar-refractivity contribution in [1.29, 1.82) is 0 Å². The van der Waals surface area contributed by atoms with E-state index in [-0.39, 0.29) is 5.91 Å².